The maximum absolute atomic E-state index is 11.8. The second kappa shape index (κ2) is 25.6. The summed E-state index contributed by atoms with van der Waals surface area (Å²) >= 11 is 0. The Labute approximate surface area is 439 Å². The van der Waals surface area contributed by atoms with E-state index in [1.54, 1.807) is 14.2 Å². The summed E-state index contributed by atoms with van der Waals surface area (Å²) in [6.07, 6.45) is 16.7. The third kappa shape index (κ3) is 13.1. The van der Waals surface area contributed by atoms with Crippen LogP contribution in [0.1, 0.15) is 114 Å². The maximum Gasteiger partial charge on any atom is 0.227 e. The molecule has 398 valence electrons. The van der Waals surface area contributed by atoms with Crippen LogP contribution in [-0.2, 0) is 0 Å². The summed E-state index contributed by atoms with van der Waals surface area (Å²) in [7, 11) is 3.42. The van der Waals surface area contributed by atoms with Crippen LogP contribution in [-0.4, -0.2) is 193 Å². The predicted octanol–water partition coefficient (Wildman–Crippen LogP) is 6.42. The Hall–Kier alpha value is -5.20. The number of aliphatic hydroxyl groups excluding tert-OH is 2. The van der Waals surface area contributed by atoms with Gasteiger partial charge >= 0.3 is 0 Å². The number of methoxy groups -OCH3 is 2. The first-order chi connectivity index (χ1) is 36.4. The predicted molar refractivity (Wildman–Crippen MR) is 297 cm³/mol. The number of β-amino-alcohol motifs (C(OH)–C–C–N with tert-alkyl or cyclic N) is 1. The third-order valence-corrected chi connectivity index (χ3v) is 16.6. The van der Waals surface area contributed by atoms with Crippen molar-refractivity contribution >= 4 is 45.3 Å². The number of likely N-dealkylation sites (tertiary alicyclic amines) is 4. The minimum absolute atomic E-state index is 0.0915. The van der Waals surface area contributed by atoms with Gasteiger partial charge in [0.15, 0.2) is 0 Å². The SMILES string of the molecule is COc1cc2c(NC3CCN(CC(O)C(CO)N4CCC(Nc5nc(N6CCCCC6)nc6cc(C#CCCN7CCCC7)c(OC)cc56)CC4)CC3)nc(N3CCCCC3)nc2cc1C#CCCN1CCCC1. The van der Waals surface area contributed by atoms with E-state index in [4.69, 9.17) is 29.4 Å². The van der Waals surface area contributed by atoms with Crippen LogP contribution in [0.25, 0.3) is 21.8 Å². The van der Waals surface area contributed by atoms with Gasteiger partial charge in [0, 0.05) is 108 Å². The highest BCUT2D eigenvalue weighted by atomic mass is 16.5. The molecule has 4 aromatic rings. The molecule has 2 aromatic heterocycles. The molecule has 2 aromatic carbocycles. The summed E-state index contributed by atoms with van der Waals surface area (Å²) in [4.78, 5) is 34.9. The lowest BCUT2D eigenvalue weighted by atomic mass is 9.99. The van der Waals surface area contributed by atoms with E-state index in [1.807, 2.05) is 0 Å². The zero-order valence-corrected chi connectivity index (χ0v) is 44.4. The first kappa shape index (κ1) is 52.3. The molecule has 6 fully saturated rings. The van der Waals surface area contributed by atoms with E-state index in [2.05, 4.69) is 88.0 Å². The van der Waals surface area contributed by atoms with Gasteiger partial charge in [-0.05, 0) is 140 Å². The van der Waals surface area contributed by atoms with Gasteiger partial charge in [0.2, 0.25) is 11.9 Å². The second-order valence-electron chi connectivity index (χ2n) is 21.7. The van der Waals surface area contributed by atoms with E-state index in [0.29, 0.717) is 6.54 Å². The highest BCUT2D eigenvalue weighted by Crippen LogP contribution is 2.35. The molecule has 16 nitrogen and oxygen atoms in total. The Morgan fingerprint density at radius 2 is 0.986 bits per heavy atom. The third-order valence-electron chi connectivity index (χ3n) is 16.6. The van der Waals surface area contributed by atoms with Crippen molar-refractivity contribution in [3.8, 4) is 35.2 Å². The zero-order valence-electron chi connectivity index (χ0n) is 44.4. The van der Waals surface area contributed by atoms with Crippen molar-refractivity contribution in [2.24, 2.45) is 0 Å². The molecular formula is C58H82N12O4. The summed E-state index contributed by atoms with van der Waals surface area (Å²) in [6, 6.07) is 8.33. The zero-order chi connectivity index (χ0) is 50.6. The molecule has 10 rings (SSSR count). The molecule has 0 amide bonds. The lowest BCUT2D eigenvalue weighted by Gasteiger charge is -2.41. The van der Waals surface area contributed by atoms with E-state index in [0.717, 1.165) is 198 Å². The number of aromatic nitrogens is 4. The quantitative estimate of drug-likeness (QED) is 0.0860. The number of fused-ring (bicyclic) bond motifs is 2. The topological polar surface area (TPSA) is 154 Å². The number of ether oxygens (including phenoxy) is 2. The van der Waals surface area contributed by atoms with E-state index < -0.39 is 6.10 Å². The van der Waals surface area contributed by atoms with Crippen molar-refractivity contribution in [1.29, 1.82) is 0 Å². The minimum atomic E-state index is -0.681. The fourth-order valence-corrected chi connectivity index (χ4v) is 12.2. The molecule has 6 aliphatic heterocycles. The Balaban J connectivity index is 0.758. The van der Waals surface area contributed by atoms with Gasteiger partial charge in [0.05, 0.1) is 55.1 Å². The van der Waals surface area contributed by atoms with Gasteiger partial charge in [-0.25, -0.2) is 9.97 Å². The number of aliphatic hydroxyl groups is 2. The van der Waals surface area contributed by atoms with Crippen LogP contribution >= 0.6 is 0 Å². The van der Waals surface area contributed by atoms with Gasteiger partial charge in [0.25, 0.3) is 0 Å². The smallest absolute Gasteiger partial charge is 0.227 e. The van der Waals surface area contributed by atoms with E-state index in [1.165, 1.54) is 64.7 Å². The second-order valence-corrected chi connectivity index (χ2v) is 21.7. The van der Waals surface area contributed by atoms with E-state index in [-0.39, 0.29) is 24.7 Å². The van der Waals surface area contributed by atoms with Crippen molar-refractivity contribution < 1.29 is 19.7 Å². The molecule has 16 heteroatoms. The number of piperidine rings is 4. The first-order valence-corrected chi connectivity index (χ1v) is 28.4. The van der Waals surface area contributed by atoms with E-state index in [9.17, 15) is 10.2 Å². The van der Waals surface area contributed by atoms with Gasteiger partial charge in [-0.15, -0.1) is 0 Å². The number of hydrogen-bond acceptors (Lipinski definition) is 16. The summed E-state index contributed by atoms with van der Waals surface area (Å²) in [5.74, 6) is 18.4. The molecule has 0 saturated carbocycles. The van der Waals surface area contributed by atoms with Crippen molar-refractivity contribution in [2.45, 2.75) is 127 Å². The lowest BCUT2D eigenvalue weighted by Crippen LogP contribution is -2.54. The highest BCUT2D eigenvalue weighted by Gasteiger charge is 2.33. The average Bonchev–Trinajstić information content (AvgIpc) is 4.18. The molecule has 74 heavy (non-hydrogen) atoms. The van der Waals surface area contributed by atoms with Crippen molar-refractivity contribution in [3.05, 3.63) is 35.4 Å². The largest absolute Gasteiger partial charge is 0.495 e. The fraction of sp³-hybridized carbons (Fsp3) is 0.655. The molecule has 8 heterocycles. The number of nitrogens with zero attached hydrogens (tertiary/aromatic N) is 10. The monoisotopic (exact) mass is 1010 g/mol. The molecular weight excluding hydrogens is 929 g/mol. The van der Waals surface area contributed by atoms with Crippen molar-refractivity contribution in [2.75, 3.05) is 139 Å². The highest BCUT2D eigenvalue weighted by molar-refractivity contribution is 5.94. The van der Waals surface area contributed by atoms with Gasteiger partial charge in [-0.1, -0.05) is 23.7 Å². The van der Waals surface area contributed by atoms with Crippen LogP contribution in [0, 0.1) is 23.7 Å². The van der Waals surface area contributed by atoms with Crippen molar-refractivity contribution in [1.82, 2.24) is 39.5 Å². The van der Waals surface area contributed by atoms with Gasteiger partial charge in [-0.2, -0.15) is 9.97 Å². The molecule has 0 radical (unpaired) electrons. The molecule has 2 unspecified atom stereocenters. The molecule has 2 atom stereocenters. The van der Waals surface area contributed by atoms with Gasteiger partial charge in [-0.3, -0.25) is 4.90 Å². The molecule has 6 aliphatic rings. The minimum Gasteiger partial charge on any atom is -0.495 e. The van der Waals surface area contributed by atoms with Crippen LogP contribution in [0.2, 0.25) is 0 Å². The Bertz CT molecular complexity index is 2610. The maximum atomic E-state index is 11.8. The van der Waals surface area contributed by atoms with Crippen LogP contribution in [0.4, 0.5) is 23.5 Å². The number of rotatable bonds is 17. The Kier molecular flexibility index (Phi) is 18.0. The number of anilines is 4. The average molecular weight is 1010 g/mol. The van der Waals surface area contributed by atoms with Gasteiger partial charge < -0.3 is 54.8 Å². The van der Waals surface area contributed by atoms with Crippen molar-refractivity contribution in [3.63, 3.8) is 0 Å². The summed E-state index contributed by atoms with van der Waals surface area (Å²) in [6.45, 7) is 14.2. The number of hydrogen-bond donors (Lipinski definition) is 4. The Morgan fingerprint density at radius 1 is 0.554 bits per heavy atom. The first-order valence-electron chi connectivity index (χ1n) is 28.4. The van der Waals surface area contributed by atoms with Crippen LogP contribution in [0.5, 0.6) is 11.5 Å². The fourth-order valence-electron chi connectivity index (χ4n) is 12.2. The molecule has 0 aliphatic carbocycles. The van der Waals surface area contributed by atoms with E-state index >= 15 is 0 Å². The summed E-state index contributed by atoms with van der Waals surface area (Å²) < 4.78 is 11.8. The standard InChI is InChI=1S/C58H82N12O4/c1-73-53-39-47-49(37-43(53)17-5-11-23-65-25-13-14-26-65)61-57(69-29-7-3-8-30-69)63-55(47)59-45-19-33-67(34-20-45)41-52(72)51(42-71)68-35-21-46(22-36-68)60-56-48-40-54(74-2)44(18-6-12-24-66-27-15-16-28-66)38-50(48)62-58(64-56)70-31-9-4-10-32-70/h37-40,45-46,51-52,71-72H,3-4,7-16,19-36,41-42H2,1-2H3,(H,59,61,63)(H,60,62,64). The van der Waals surface area contributed by atoms with Crippen LogP contribution in [0.15, 0.2) is 24.3 Å². The molecule has 0 spiro atoms. The van der Waals surface area contributed by atoms with Gasteiger partial charge in [0.1, 0.15) is 23.1 Å². The number of benzene rings is 2. The normalized spacial score (nSPS) is 20.8. The summed E-state index contributed by atoms with van der Waals surface area (Å²) in [5, 5.41) is 32.1. The Morgan fingerprint density at radius 3 is 1.42 bits per heavy atom. The lowest BCUT2D eigenvalue weighted by molar-refractivity contribution is -0.0134. The molecule has 6 saturated heterocycles. The molecule has 4 N–H and O–H groups in total. The summed E-state index contributed by atoms with van der Waals surface area (Å²) in [5.41, 5.74) is 3.47. The van der Waals surface area contributed by atoms with Crippen LogP contribution in [0.3, 0.4) is 0 Å². The molecule has 0 bridgehead atoms. The van der Waals surface area contributed by atoms with Crippen LogP contribution < -0.4 is 29.9 Å². The number of nitrogens with one attached hydrogen (secondary N) is 2.